The molecule has 0 saturated carbocycles. The fourth-order valence-corrected chi connectivity index (χ4v) is 2.99. The first kappa shape index (κ1) is 14.3. The summed E-state index contributed by atoms with van der Waals surface area (Å²) >= 11 is 0. The van der Waals surface area contributed by atoms with Crippen LogP contribution in [0.15, 0.2) is 46.9 Å². The minimum atomic E-state index is -0.292. The largest absolute Gasteiger partial charge is 0.506 e. The molecule has 3 aromatic rings. The molecule has 0 unspecified atom stereocenters. The second-order valence-corrected chi connectivity index (χ2v) is 5.70. The highest BCUT2D eigenvalue weighted by atomic mass is 16.3. The lowest BCUT2D eigenvalue weighted by atomic mass is 9.99. The quantitative estimate of drug-likeness (QED) is 0.633. The number of phenols is 1. The summed E-state index contributed by atoms with van der Waals surface area (Å²) in [5, 5.41) is 21.6. The van der Waals surface area contributed by atoms with Gasteiger partial charge in [0, 0.05) is 22.9 Å². The van der Waals surface area contributed by atoms with Crippen LogP contribution in [0.5, 0.6) is 11.6 Å². The van der Waals surface area contributed by atoms with Crippen molar-refractivity contribution in [3.05, 3.63) is 68.5 Å². The highest BCUT2D eigenvalue weighted by Gasteiger charge is 2.07. The van der Waals surface area contributed by atoms with Gasteiger partial charge in [0.05, 0.1) is 0 Å². The fourth-order valence-electron chi connectivity index (χ4n) is 2.99. The lowest BCUT2D eigenvalue weighted by Crippen LogP contribution is -2.41. The van der Waals surface area contributed by atoms with Crippen molar-refractivity contribution in [1.29, 1.82) is 0 Å². The smallest absolute Gasteiger partial charge is 0.258 e. The van der Waals surface area contributed by atoms with E-state index in [1.807, 2.05) is 36.4 Å². The van der Waals surface area contributed by atoms with Crippen LogP contribution in [0.4, 0.5) is 0 Å². The average molecular weight is 318 g/mol. The first-order valence-corrected chi connectivity index (χ1v) is 7.53. The van der Waals surface area contributed by atoms with Crippen molar-refractivity contribution in [2.75, 3.05) is 0 Å². The number of fused-ring (bicyclic) bond motifs is 2. The number of aromatic nitrogens is 2. The molecule has 0 bridgehead atoms. The standard InChI is InChI=1S/C19H14N2O3/c22-16-6-4-12(14-2-1-7-20-18(14)16)8-11-3-5-15-13(9-11)10-17(23)21-19(15)24/h1-2,4-10,22-23H,3H2,(H,21,24). The molecule has 2 aromatic heterocycles. The Balaban J connectivity index is 1.90. The lowest BCUT2D eigenvalue weighted by molar-refractivity contribution is 0.450. The van der Waals surface area contributed by atoms with Gasteiger partial charge in [0.1, 0.15) is 11.3 Å². The van der Waals surface area contributed by atoms with Crippen LogP contribution in [0, 0.1) is 0 Å². The zero-order valence-corrected chi connectivity index (χ0v) is 12.7. The van der Waals surface area contributed by atoms with Gasteiger partial charge in [-0.2, -0.15) is 0 Å². The summed E-state index contributed by atoms with van der Waals surface area (Å²) in [6.45, 7) is 0. The van der Waals surface area contributed by atoms with Crippen molar-refractivity contribution < 1.29 is 10.2 Å². The molecule has 0 radical (unpaired) electrons. The number of nitrogens with one attached hydrogen (secondary N) is 1. The molecular weight excluding hydrogens is 304 g/mol. The molecule has 1 aliphatic rings. The zero-order valence-electron chi connectivity index (χ0n) is 12.7. The van der Waals surface area contributed by atoms with E-state index in [1.165, 1.54) is 6.07 Å². The van der Waals surface area contributed by atoms with E-state index in [4.69, 9.17) is 0 Å². The Morgan fingerprint density at radius 2 is 2.08 bits per heavy atom. The summed E-state index contributed by atoms with van der Waals surface area (Å²) in [7, 11) is 0. The molecule has 5 heteroatoms. The number of phenolic OH excluding ortho intramolecular Hbond substituents is 1. The maximum absolute atomic E-state index is 11.8. The first-order valence-electron chi connectivity index (χ1n) is 7.53. The Hall–Kier alpha value is -3.34. The maximum atomic E-state index is 11.8. The normalized spacial score (nSPS) is 14.9. The third-order valence-corrected chi connectivity index (χ3v) is 4.10. The zero-order chi connectivity index (χ0) is 16.7. The van der Waals surface area contributed by atoms with E-state index in [0.29, 0.717) is 22.4 Å². The molecule has 0 atom stereocenters. The minimum absolute atomic E-state index is 0.147. The molecule has 0 spiro atoms. The number of H-pyrrole nitrogens is 1. The Morgan fingerprint density at radius 1 is 1.21 bits per heavy atom. The summed E-state index contributed by atoms with van der Waals surface area (Å²) in [6.07, 6.45) is 8.00. The van der Waals surface area contributed by atoms with Gasteiger partial charge >= 0.3 is 0 Å². The number of hydrogen-bond donors (Lipinski definition) is 3. The minimum Gasteiger partial charge on any atom is -0.506 e. The van der Waals surface area contributed by atoms with Crippen LogP contribution in [0.3, 0.4) is 0 Å². The first-order chi connectivity index (χ1) is 11.6. The molecule has 2 heterocycles. The number of allylic oxidation sites excluding steroid dienone is 1. The maximum Gasteiger partial charge on any atom is 0.258 e. The van der Waals surface area contributed by atoms with Gasteiger partial charge in [0.15, 0.2) is 5.88 Å². The molecular formula is C19H14N2O3. The molecule has 3 N–H and O–H groups in total. The number of hydrogen-bond acceptors (Lipinski definition) is 4. The molecule has 118 valence electrons. The van der Waals surface area contributed by atoms with Crippen molar-refractivity contribution in [3.8, 4) is 11.6 Å². The molecule has 5 nitrogen and oxygen atoms in total. The molecule has 0 fully saturated rings. The van der Waals surface area contributed by atoms with Gasteiger partial charge in [-0.25, -0.2) is 0 Å². The Labute approximate surface area is 136 Å². The Kier molecular flexibility index (Phi) is 3.20. The second-order valence-electron chi connectivity index (χ2n) is 5.70. The van der Waals surface area contributed by atoms with E-state index in [9.17, 15) is 15.0 Å². The summed E-state index contributed by atoms with van der Waals surface area (Å²) in [4.78, 5) is 18.4. The summed E-state index contributed by atoms with van der Waals surface area (Å²) in [6, 6.07) is 8.74. The van der Waals surface area contributed by atoms with Crippen molar-refractivity contribution in [3.63, 3.8) is 0 Å². The van der Waals surface area contributed by atoms with E-state index in [0.717, 1.165) is 16.5 Å². The van der Waals surface area contributed by atoms with Gasteiger partial charge in [-0.15, -0.1) is 0 Å². The van der Waals surface area contributed by atoms with Crippen LogP contribution in [-0.4, -0.2) is 20.2 Å². The highest BCUT2D eigenvalue weighted by Crippen LogP contribution is 2.27. The van der Waals surface area contributed by atoms with Gasteiger partial charge < -0.3 is 10.2 Å². The molecule has 1 aromatic carbocycles. The lowest BCUT2D eigenvalue weighted by Gasteiger charge is -2.08. The van der Waals surface area contributed by atoms with Crippen molar-refractivity contribution >= 4 is 29.1 Å². The number of rotatable bonds is 1. The molecule has 0 aliphatic heterocycles. The van der Waals surface area contributed by atoms with Crippen LogP contribution < -0.4 is 16.0 Å². The van der Waals surface area contributed by atoms with Crippen LogP contribution in [0.25, 0.3) is 29.1 Å². The third-order valence-electron chi connectivity index (χ3n) is 4.10. The monoisotopic (exact) mass is 318 g/mol. The average Bonchev–Trinajstić information content (AvgIpc) is 2.57. The number of nitrogens with zero attached hydrogens (tertiary/aromatic N) is 1. The van der Waals surface area contributed by atoms with Gasteiger partial charge in [-0.3, -0.25) is 14.8 Å². The van der Waals surface area contributed by atoms with E-state index >= 15 is 0 Å². The topological polar surface area (TPSA) is 86.2 Å². The molecule has 0 amide bonds. The Morgan fingerprint density at radius 3 is 2.96 bits per heavy atom. The van der Waals surface area contributed by atoms with Crippen molar-refractivity contribution in [2.45, 2.75) is 6.42 Å². The predicted octanol–water partition coefficient (Wildman–Crippen LogP) is 1.38. The van der Waals surface area contributed by atoms with Gasteiger partial charge in [0.25, 0.3) is 5.56 Å². The molecule has 0 saturated heterocycles. The molecule has 1 aliphatic carbocycles. The van der Waals surface area contributed by atoms with Crippen LogP contribution in [0.1, 0.15) is 12.0 Å². The fraction of sp³-hybridized carbons (Fsp3) is 0.0526. The number of aromatic amines is 1. The summed E-state index contributed by atoms with van der Waals surface area (Å²) < 4.78 is 0. The van der Waals surface area contributed by atoms with E-state index < -0.39 is 0 Å². The van der Waals surface area contributed by atoms with E-state index in [2.05, 4.69) is 9.97 Å². The highest BCUT2D eigenvalue weighted by molar-refractivity contribution is 5.93. The molecule has 4 rings (SSSR count). The van der Waals surface area contributed by atoms with E-state index in [-0.39, 0.29) is 17.2 Å². The summed E-state index contributed by atoms with van der Waals surface area (Å²) in [5.74, 6) is -0.00216. The Bertz CT molecular complexity index is 1170. The predicted molar refractivity (Wildman–Crippen MR) is 92.9 cm³/mol. The van der Waals surface area contributed by atoms with Crippen LogP contribution >= 0.6 is 0 Å². The number of pyridine rings is 2. The van der Waals surface area contributed by atoms with E-state index in [1.54, 1.807) is 12.3 Å². The van der Waals surface area contributed by atoms with Crippen LogP contribution in [-0.2, 0) is 0 Å². The van der Waals surface area contributed by atoms with Gasteiger partial charge in [0.2, 0.25) is 0 Å². The van der Waals surface area contributed by atoms with Gasteiger partial charge in [-0.05, 0) is 34.9 Å². The second kappa shape index (κ2) is 5.38. The number of aromatic hydroxyl groups is 2. The summed E-state index contributed by atoms with van der Waals surface area (Å²) in [5.41, 5.74) is 2.21. The molecule has 24 heavy (non-hydrogen) atoms. The van der Waals surface area contributed by atoms with Crippen molar-refractivity contribution in [2.24, 2.45) is 0 Å². The van der Waals surface area contributed by atoms with Crippen molar-refractivity contribution in [1.82, 2.24) is 9.97 Å². The van der Waals surface area contributed by atoms with Crippen LogP contribution in [0.2, 0.25) is 0 Å². The van der Waals surface area contributed by atoms with Gasteiger partial charge in [-0.1, -0.05) is 30.4 Å². The third kappa shape index (κ3) is 2.36. The number of benzene rings is 1. The SMILES string of the molecule is O=c1[nH]c(O)cc2c1=CCC(=Cc1ccc(O)c3ncccc13)C=2.